The molecule has 0 aromatic heterocycles. The lowest BCUT2D eigenvalue weighted by Crippen LogP contribution is -2.56. The van der Waals surface area contributed by atoms with Gasteiger partial charge < -0.3 is 23.7 Å². The quantitative estimate of drug-likeness (QED) is 0.112. The van der Waals surface area contributed by atoms with Crippen molar-refractivity contribution in [1.29, 1.82) is 0 Å². The summed E-state index contributed by atoms with van der Waals surface area (Å²) in [5, 5.41) is 0. The zero-order valence-corrected chi connectivity index (χ0v) is 24.7. The Labute approximate surface area is 257 Å². The highest BCUT2D eigenvalue weighted by Gasteiger charge is 2.56. The van der Waals surface area contributed by atoms with Crippen molar-refractivity contribution in [2.75, 3.05) is 13.2 Å². The van der Waals surface area contributed by atoms with Gasteiger partial charge in [0.25, 0.3) is 0 Å². The maximum Gasteiger partial charge on any atom is 0.379 e. The summed E-state index contributed by atoms with van der Waals surface area (Å²) in [7, 11) is 0. The van der Waals surface area contributed by atoms with Gasteiger partial charge in [-0.2, -0.15) is 8.78 Å². The van der Waals surface area contributed by atoms with Gasteiger partial charge >= 0.3 is 11.9 Å². The SMILES string of the molecule is CCOC(=O)C(F)(F)[C@@H](OCc1ccccc1)[C@@H](OCc1ccccc1)[C@H](COCc1ccccc1)OCc1ccccc1. The van der Waals surface area contributed by atoms with E-state index in [-0.39, 0.29) is 39.6 Å². The van der Waals surface area contributed by atoms with Gasteiger partial charge in [0.15, 0.2) is 6.10 Å². The molecule has 8 heteroatoms. The lowest BCUT2D eigenvalue weighted by Gasteiger charge is -2.36. The standard InChI is InChI=1S/C36H38F2O6/c1-2-41-35(39)36(37,38)34(44-26-31-21-13-6-14-22-31)33(43-25-30-19-11-5-12-20-30)32(42-24-29-17-9-4-10-18-29)27-40-23-28-15-7-3-8-16-28/h3-22,32-34H,2,23-27H2,1H3/t32-,33-,34-/m0/s1. The van der Waals surface area contributed by atoms with Gasteiger partial charge in [0.1, 0.15) is 12.2 Å². The highest BCUT2D eigenvalue weighted by molar-refractivity contribution is 5.78. The number of esters is 1. The predicted molar refractivity (Wildman–Crippen MR) is 163 cm³/mol. The molecule has 4 aromatic rings. The number of halogens is 2. The van der Waals surface area contributed by atoms with Crippen molar-refractivity contribution in [3.8, 4) is 0 Å². The maximum atomic E-state index is 16.1. The first kappa shape index (κ1) is 33.0. The van der Waals surface area contributed by atoms with E-state index in [2.05, 4.69) is 0 Å². The lowest BCUT2D eigenvalue weighted by atomic mass is 10.0. The van der Waals surface area contributed by atoms with Crippen molar-refractivity contribution in [3.05, 3.63) is 144 Å². The van der Waals surface area contributed by atoms with Crippen molar-refractivity contribution in [3.63, 3.8) is 0 Å². The summed E-state index contributed by atoms with van der Waals surface area (Å²) in [5.41, 5.74) is 3.15. The van der Waals surface area contributed by atoms with Crippen LogP contribution in [0.5, 0.6) is 0 Å². The van der Waals surface area contributed by atoms with E-state index >= 15 is 8.78 Å². The maximum absolute atomic E-state index is 16.1. The predicted octanol–water partition coefficient (Wildman–Crippen LogP) is 7.16. The molecule has 4 aromatic carbocycles. The van der Waals surface area contributed by atoms with Gasteiger partial charge in [0.05, 0.1) is 39.6 Å². The second-order valence-electron chi connectivity index (χ2n) is 10.2. The Bertz CT molecular complexity index is 1360. The fourth-order valence-electron chi connectivity index (χ4n) is 4.55. The largest absolute Gasteiger partial charge is 0.461 e. The Hall–Kier alpha value is -3.95. The molecule has 0 spiro atoms. The summed E-state index contributed by atoms with van der Waals surface area (Å²) in [5.74, 6) is -5.77. The van der Waals surface area contributed by atoms with Gasteiger partial charge in [-0.05, 0) is 29.2 Å². The summed E-state index contributed by atoms with van der Waals surface area (Å²) in [6, 6.07) is 36.9. The van der Waals surface area contributed by atoms with E-state index in [4.69, 9.17) is 23.7 Å². The van der Waals surface area contributed by atoms with E-state index in [0.717, 1.165) is 16.7 Å². The summed E-state index contributed by atoms with van der Waals surface area (Å²) < 4.78 is 61.4. The molecule has 0 N–H and O–H groups in total. The molecule has 0 aliphatic heterocycles. The number of carbonyl (C=O) groups is 1. The van der Waals surface area contributed by atoms with Crippen LogP contribution >= 0.6 is 0 Å². The van der Waals surface area contributed by atoms with E-state index in [9.17, 15) is 4.79 Å². The molecular weight excluding hydrogens is 566 g/mol. The Balaban J connectivity index is 1.68. The van der Waals surface area contributed by atoms with Crippen LogP contribution in [0, 0.1) is 0 Å². The van der Waals surface area contributed by atoms with Gasteiger partial charge in [-0.15, -0.1) is 0 Å². The van der Waals surface area contributed by atoms with E-state index in [0.29, 0.717) is 5.56 Å². The highest BCUT2D eigenvalue weighted by Crippen LogP contribution is 2.32. The van der Waals surface area contributed by atoms with Gasteiger partial charge in [0.2, 0.25) is 0 Å². The van der Waals surface area contributed by atoms with Crippen molar-refractivity contribution >= 4 is 5.97 Å². The van der Waals surface area contributed by atoms with E-state index in [1.807, 2.05) is 97.1 Å². The third-order valence-corrected chi connectivity index (χ3v) is 6.83. The molecule has 0 saturated heterocycles. The van der Waals surface area contributed by atoms with E-state index in [1.165, 1.54) is 6.92 Å². The summed E-state index contributed by atoms with van der Waals surface area (Å²) in [6.45, 7) is 1.25. The molecular formula is C36H38F2O6. The third kappa shape index (κ3) is 10.1. The topological polar surface area (TPSA) is 63.2 Å². The lowest BCUT2D eigenvalue weighted by molar-refractivity contribution is -0.238. The number of rotatable bonds is 18. The Morgan fingerprint density at radius 1 is 0.614 bits per heavy atom. The van der Waals surface area contributed by atoms with Crippen LogP contribution in [0.25, 0.3) is 0 Å². The molecule has 232 valence electrons. The first-order chi connectivity index (χ1) is 21.5. The minimum atomic E-state index is -4.07. The molecule has 6 nitrogen and oxygen atoms in total. The Morgan fingerprint density at radius 2 is 1.02 bits per heavy atom. The molecule has 0 radical (unpaired) electrons. The van der Waals surface area contributed by atoms with Crippen LogP contribution in [0.3, 0.4) is 0 Å². The minimum Gasteiger partial charge on any atom is -0.461 e. The zero-order valence-electron chi connectivity index (χ0n) is 24.7. The van der Waals surface area contributed by atoms with Crippen molar-refractivity contribution in [2.45, 2.75) is 57.6 Å². The van der Waals surface area contributed by atoms with Crippen LogP contribution in [0.1, 0.15) is 29.2 Å². The fraction of sp³-hybridized carbons (Fsp3) is 0.306. The molecule has 0 aliphatic rings. The van der Waals surface area contributed by atoms with Crippen LogP contribution in [-0.4, -0.2) is 43.4 Å². The molecule has 0 amide bonds. The molecule has 4 rings (SSSR count). The number of carbonyl (C=O) groups excluding carboxylic acids is 1. The second-order valence-corrected chi connectivity index (χ2v) is 10.2. The molecule has 44 heavy (non-hydrogen) atoms. The minimum absolute atomic E-state index is 0.0283. The molecule has 0 fully saturated rings. The van der Waals surface area contributed by atoms with Gasteiger partial charge in [-0.1, -0.05) is 121 Å². The van der Waals surface area contributed by atoms with Crippen LogP contribution in [0.4, 0.5) is 8.78 Å². The van der Waals surface area contributed by atoms with Crippen molar-refractivity contribution in [2.24, 2.45) is 0 Å². The zero-order chi connectivity index (χ0) is 31.0. The van der Waals surface area contributed by atoms with Gasteiger partial charge in [0, 0.05) is 0 Å². The Kier molecular flexibility index (Phi) is 13.0. The van der Waals surface area contributed by atoms with Crippen LogP contribution in [0.15, 0.2) is 121 Å². The molecule has 0 unspecified atom stereocenters. The van der Waals surface area contributed by atoms with Gasteiger partial charge in [-0.25, -0.2) is 4.79 Å². The Morgan fingerprint density at radius 3 is 1.48 bits per heavy atom. The third-order valence-electron chi connectivity index (χ3n) is 6.83. The number of ether oxygens (including phenoxy) is 5. The summed E-state index contributed by atoms with van der Waals surface area (Å²) in [4.78, 5) is 12.7. The number of benzene rings is 4. The molecule has 0 bridgehead atoms. The normalized spacial score (nSPS) is 13.6. The van der Waals surface area contributed by atoms with E-state index in [1.54, 1.807) is 24.3 Å². The first-order valence-corrected chi connectivity index (χ1v) is 14.6. The molecule has 0 saturated carbocycles. The van der Waals surface area contributed by atoms with Crippen LogP contribution in [0.2, 0.25) is 0 Å². The second kappa shape index (κ2) is 17.4. The molecule has 0 aliphatic carbocycles. The summed E-state index contributed by atoms with van der Waals surface area (Å²) in [6.07, 6.45) is -4.55. The average molecular weight is 605 g/mol. The van der Waals surface area contributed by atoms with Gasteiger partial charge in [-0.3, -0.25) is 0 Å². The van der Waals surface area contributed by atoms with Crippen LogP contribution < -0.4 is 0 Å². The van der Waals surface area contributed by atoms with Crippen LogP contribution in [-0.2, 0) is 54.9 Å². The molecule has 0 heterocycles. The average Bonchev–Trinajstić information content (AvgIpc) is 3.06. The van der Waals surface area contributed by atoms with E-state index < -0.39 is 30.2 Å². The number of hydrogen-bond acceptors (Lipinski definition) is 6. The smallest absolute Gasteiger partial charge is 0.379 e. The molecule has 3 atom stereocenters. The monoisotopic (exact) mass is 604 g/mol. The van der Waals surface area contributed by atoms with Crippen molar-refractivity contribution in [1.82, 2.24) is 0 Å². The number of hydrogen-bond donors (Lipinski definition) is 0. The highest BCUT2D eigenvalue weighted by atomic mass is 19.3. The fourth-order valence-corrected chi connectivity index (χ4v) is 4.55. The first-order valence-electron chi connectivity index (χ1n) is 14.6. The number of alkyl halides is 2. The summed E-state index contributed by atoms with van der Waals surface area (Å²) >= 11 is 0. The van der Waals surface area contributed by atoms with Crippen molar-refractivity contribution < 1.29 is 37.3 Å².